The maximum absolute atomic E-state index is 12.9. The summed E-state index contributed by atoms with van der Waals surface area (Å²) >= 11 is 0. The molecule has 14 atom stereocenters. The SMILES string of the molecule is [2H]C(CC)C(=O)OC[C@H]1OC(OC(O)[C@@H](O)[C@@H](O)[C@H](O)[C@H](O)CO)[C@@H](OC(=O)C([2H])CC)[C@@H](OC(=O)C([2H])CC)[C@@H]1OC(=O)C([2H])CC. The average Bonchev–Trinajstić information content (AvgIpc) is 3.09. The van der Waals surface area contributed by atoms with E-state index >= 15 is 0 Å². The van der Waals surface area contributed by atoms with E-state index in [-0.39, 0.29) is 25.7 Å². The lowest BCUT2D eigenvalue weighted by molar-refractivity contribution is -0.349. The van der Waals surface area contributed by atoms with Crippen LogP contribution in [0.3, 0.4) is 0 Å². The van der Waals surface area contributed by atoms with Crippen LogP contribution in [0.2, 0.25) is 0 Å². The minimum Gasteiger partial charge on any atom is -0.463 e. The van der Waals surface area contributed by atoms with E-state index in [9.17, 15) is 44.7 Å². The summed E-state index contributed by atoms with van der Waals surface area (Å²) in [6.45, 7) is 4.06. The fraction of sp³-hybridized carbons (Fsp3) is 0.857. The highest BCUT2D eigenvalue weighted by Gasteiger charge is 2.54. The molecule has 6 unspecified atom stereocenters. The van der Waals surface area contributed by atoms with Crippen LogP contribution >= 0.6 is 0 Å². The predicted octanol–water partition coefficient (Wildman–Crippen LogP) is -1.04. The number of esters is 4. The van der Waals surface area contributed by atoms with Crippen LogP contribution in [-0.4, -0.2) is 129 Å². The number of hydrogen-bond donors (Lipinski definition) is 6. The van der Waals surface area contributed by atoms with Crippen LogP contribution < -0.4 is 0 Å². The molecule has 6 N–H and O–H groups in total. The molecule has 0 saturated carbocycles. The third kappa shape index (κ3) is 12.5. The van der Waals surface area contributed by atoms with Crippen molar-refractivity contribution in [3.05, 3.63) is 0 Å². The van der Waals surface area contributed by atoms with Crippen molar-refractivity contribution in [2.75, 3.05) is 13.2 Å². The topological polar surface area (TPSA) is 245 Å². The van der Waals surface area contributed by atoms with E-state index in [0.717, 1.165) is 0 Å². The van der Waals surface area contributed by atoms with E-state index in [1.54, 1.807) is 0 Å². The molecular weight excluding hydrogens is 592 g/mol. The van der Waals surface area contributed by atoms with E-state index in [0.29, 0.717) is 0 Å². The lowest BCUT2D eigenvalue weighted by atomic mass is 9.97. The molecule has 0 amide bonds. The van der Waals surface area contributed by atoms with Crippen LogP contribution in [0.5, 0.6) is 0 Å². The summed E-state index contributed by atoms with van der Waals surface area (Å²) in [5.74, 6) is -4.71. The molecular formula is C28H48O16. The molecule has 44 heavy (non-hydrogen) atoms. The third-order valence-electron chi connectivity index (χ3n) is 6.07. The number of aliphatic hydroxyl groups is 6. The van der Waals surface area contributed by atoms with Crippen molar-refractivity contribution in [2.45, 2.75) is 140 Å². The molecule has 0 spiro atoms. The molecule has 16 heteroatoms. The molecule has 1 aliphatic rings. The number of carbonyl (C=O) groups excluding carboxylic acids is 4. The van der Waals surface area contributed by atoms with Gasteiger partial charge in [0.25, 0.3) is 0 Å². The first-order valence-corrected chi connectivity index (χ1v) is 14.3. The van der Waals surface area contributed by atoms with Crippen molar-refractivity contribution in [1.82, 2.24) is 0 Å². The Bertz CT molecular complexity index is 1030. The quantitative estimate of drug-likeness (QED) is 0.0526. The molecule has 256 valence electrons. The smallest absolute Gasteiger partial charge is 0.306 e. The standard InChI is InChI=1S/C28H48O16/c1-5-9-17(31)39-14-16-24(41-18(32)10-6-2)25(42-19(33)11-7-3)26(43-20(34)12-8-4)28(40-16)44-27(38)23(37)22(36)21(35)15(30)13-29/h15-16,21-30,35-38H,5-14H2,1-4H3/t15-,16-,21-,22+,23+,24-,25+,26+,27?,28?/m1/s1/i9D,10D,11D,12D/t9?,10?,11?,12?,15-,16-,21-,22+,23+,24-,25+,26+,27?,28?. The van der Waals surface area contributed by atoms with Gasteiger partial charge >= 0.3 is 23.9 Å². The zero-order valence-electron chi connectivity index (χ0n) is 29.1. The van der Waals surface area contributed by atoms with Crippen LogP contribution in [0.25, 0.3) is 0 Å². The summed E-state index contributed by atoms with van der Waals surface area (Å²) in [6, 6.07) is 0. The van der Waals surface area contributed by atoms with Gasteiger partial charge in [0.15, 0.2) is 24.6 Å². The lowest BCUT2D eigenvalue weighted by Gasteiger charge is -2.45. The van der Waals surface area contributed by atoms with Gasteiger partial charge in [-0.05, 0) is 25.7 Å². The molecule has 1 heterocycles. The van der Waals surface area contributed by atoms with Crippen molar-refractivity contribution in [1.29, 1.82) is 0 Å². The van der Waals surface area contributed by atoms with Crippen LogP contribution in [0, 0.1) is 0 Å². The third-order valence-corrected chi connectivity index (χ3v) is 6.07. The minimum absolute atomic E-state index is 0.0391. The Kier molecular flexibility index (Phi) is 15.4. The molecule has 0 aromatic carbocycles. The van der Waals surface area contributed by atoms with Crippen LogP contribution in [0.15, 0.2) is 0 Å². The second-order valence-electron chi connectivity index (χ2n) is 9.58. The predicted molar refractivity (Wildman–Crippen MR) is 147 cm³/mol. The van der Waals surface area contributed by atoms with Crippen molar-refractivity contribution < 1.29 is 83.7 Å². The molecule has 0 aromatic rings. The number of rotatable bonds is 20. The Balaban J connectivity index is 3.76. The van der Waals surface area contributed by atoms with E-state index < -0.39 is 124 Å². The molecule has 16 nitrogen and oxygen atoms in total. The van der Waals surface area contributed by atoms with Crippen LogP contribution in [0.1, 0.15) is 84.4 Å². The van der Waals surface area contributed by atoms with E-state index in [1.807, 2.05) is 0 Å². The highest BCUT2D eigenvalue weighted by atomic mass is 16.8. The van der Waals surface area contributed by atoms with Crippen molar-refractivity contribution in [2.24, 2.45) is 0 Å². The number of aliphatic hydroxyl groups excluding tert-OH is 6. The van der Waals surface area contributed by atoms with Gasteiger partial charge in [0.1, 0.15) is 37.1 Å². The lowest BCUT2D eigenvalue weighted by Crippen LogP contribution is -2.64. The normalized spacial score (nSPS) is 29.4. The molecule has 0 bridgehead atoms. The maximum atomic E-state index is 12.9. The number of ether oxygens (including phenoxy) is 6. The summed E-state index contributed by atoms with van der Waals surface area (Å²) < 4.78 is 64.3. The highest BCUT2D eigenvalue weighted by Crippen LogP contribution is 2.32. The van der Waals surface area contributed by atoms with E-state index in [1.165, 1.54) is 27.7 Å². The fourth-order valence-corrected chi connectivity index (χ4v) is 3.88. The first-order chi connectivity index (χ1) is 22.5. The Labute approximate surface area is 261 Å². The first kappa shape index (κ1) is 32.9. The fourth-order valence-electron chi connectivity index (χ4n) is 3.88. The van der Waals surface area contributed by atoms with Gasteiger partial charge in [-0.1, -0.05) is 27.7 Å². The molecule has 1 fully saturated rings. The van der Waals surface area contributed by atoms with Gasteiger partial charge in [-0.3, -0.25) is 19.2 Å². The summed E-state index contributed by atoms with van der Waals surface area (Å²) in [4.78, 5) is 51.0. The Morgan fingerprint density at radius 2 is 1.14 bits per heavy atom. The minimum atomic E-state index is -2.56. The van der Waals surface area contributed by atoms with Gasteiger partial charge in [0.2, 0.25) is 6.29 Å². The molecule has 0 aromatic heterocycles. The van der Waals surface area contributed by atoms with Crippen LogP contribution in [-0.2, 0) is 47.6 Å². The highest BCUT2D eigenvalue weighted by molar-refractivity contribution is 5.72. The summed E-state index contributed by atoms with van der Waals surface area (Å²) in [5.41, 5.74) is 0. The molecule has 0 aliphatic carbocycles. The van der Waals surface area contributed by atoms with Gasteiger partial charge in [0.05, 0.1) is 6.61 Å². The molecule has 0 radical (unpaired) electrons. The summed E-state index contributed by atoms with van der Waals surface area (Å²) in [5, 5.41) is 60.1. The largest absolute Gasteiger partial charge is 0.463 e. The first-order valence-electron chi connectivity index (χ1n) is 16.6. The van der Waals surface area contributed by atoms with Gasteiger partial charge < -0.3 is 59.1 Å². The summed E-state index contributed by atoms with van der Waals surface area (Å²) in [6.07, 6.45) is -27.4. The second-order valence-corrected chi connectivity index (χ2v) is 9.58. The van der Waals surface area contributed by atoms with Gasteiger partial charge in [-0.25, -0.2) is 0 Å². The van der Waals surface area contributed by atoms with Gasteiger partial charge in [-0.15, -0.1) is 0 Å². The summed E-state index contributed by atoms with van der Waals surface area (Å²) in [7, 11) is 0. The van der Waals surface area contributed by atoms with Crippen molar-refractivity contribution in [3.8, 4) is 0 Å². The Morgan fingerprint density at radius 1 is 0.682 bits per heavy atom. The van der Waals surface area contributed by atoms with Crippen molar-refractivity contribution in [3.63, 3.8) is 0 Å². The number of hydrogen-bond acceptors (Lipinski definition) is 16. The average molecular weight is 645 g/mol. The van der Waals surface area contributed by atoms with E-state index in [4.69, 9.17) is 39.0 Å². The van der Waals surface area contributed by atoms with Crippen molar-refractivity contribution >= 4 is 23.9 Å². The van der Waals surface area contributed by atoms with Crippen LogP contribution in [0.4, 0.5) is 0 Å². The molecule has 1 saturated heterocycles. The van der Waals surface area contributed by atoms with Gasteiger partial charge in [-0.2, -0.15) is 0 Å². The monoisotopic (exact) mass is 644 g/mol. The Morgan fingerprint density at radius 3 is 1.61 bits per heavy atom. The molecule has 1 rings (SSSR count). The zero-order chi connectivity index (χ0) is 36.9. The Hall–Kier alpha value is -2.44. The van der Waals surface area contributed by atoms with Gasteiger partial charge in [0, 0.05) is 31.1 Å². The van der Waals surface area contributed by atoms with E-state index in [2.05, 4.69) is 0 Å². The number of carbonyl (C=O) groups is 4. The second kappa shape index (κ2) is 20.6. The zero-order valence-corrected chi connectivity index (χ0v) is 25.1. The maximum Gasteiger partial charge on any atom is 0.306 e. The molecule has 1 aliphatic heterocycles.